The second-order valence-electron chi connectivity index (χ2n) is 6.47. The summed E-state index contributed by atoms with van der Waals surface area (Å²) in [6.07, 6.45) is 0.998. The van der Waals surface area contributed by atoms with Crippen LogP contribution in [0.1, 0.15) is 0 Å². The number of fused-ring (bicyclic) bond motifs is 1. The van der Waals surface area contributed by atoms with Crippen molar-refractivity contribution in [1.29, 1.82) is 0 Å². The maximum absolute atomic E-state index is 14.3. The van der Waals surface area contributed by atoms with Gasteiger partial charge in [-0.2, -0.15) is 0 Å². The smallest absolute Gasteiger partial charge is 0.208 e. The highest BCUT2D eigenvalue weighted by molar-refractivity contribution is 7.91. The minimum Gasteiger partial charge on any atom is -0.497 e. The first-order valence-electron chi connectivity index (χ1n) is 8.74. The number of para-hydroxylation sites is 1. The van der Waals surface area contributed by atoms with Crippen molar-refractivity contribution in [2.24, 2.45) is 0 Å². The van der Waals surface area contributed by atoms with E-state index in [1.807, 2.05) is 0 Å². The lowest BCUT2D eigenvalue weighted by molar-refractivity contribution is 0.415. The van der Waals surface area contributed by atoms with E-state index in [2.05, 4.69) is 4.98 Å². The van der Waals surface area contributed by atoms with Crippen molar-refractivity contribution in [3.8, 4) is 16.9 Å². The van der Waals surface area contributed by atoms with Gasteiger partial charge in [0.25, 0.3) is 0 Å². The highest BCUT2D eigenvalue weighted by Gasteiger charge is 2.26. The molecule has 0 aliphatic carbocycles. The number of sulfone groups is 1. The van der Waals surface area contributed by atoms with E-state index in [4.69, 9.17) is 4.74 Å². The maximum atomic E-state index is 14.3. The topological polar surface area (TPSA) is 56.3 Å². The van der Waals surface area contributed by atoms with Crippen molar-refractivity contribution in [3.05, 3.63) is 84.3 Å². The first-order valence-corrected chi connectivity index (χ1v) is 10.2. The molecule has 0 aliphatic heterocycles. The largest absolute Gasteiger partial charge is 0.497 e. The van der Waals surface area contributed by atoms with Crippen molar-refractivity contribution in [3.63, 3.8) is 0 Å². The Labute approximate surface area is 170 Å². The Hall–Kier alpha value is -3.39. The number of pyridine rings is 1. The van der Waals surface area contributed by atoms with E-state index in [-0.39, 0.29) is 21.4 Å². The molecule has 1 heterocycles. The molecule has 0 spiro atoms. The SMILES string of the molecule is COc1cccc(-c2c(S(=O)(=O)c3cc(F)cc(F)c3)cnc3c(F)cccc23)c1. The van der Waals surface area contributed by atoms with Gasteiger partial charge in [-0.1, -0.05) is 24.3 Å². The molecule has 152 valence electrons. The fraction of sp³-hybridized carbons (Fsp3) is 0.0455. The highest BCUT2D eigenvalue weighted by Crippen LogP contribution is 2.38. The number of nitrogens with zero attached hydrogens (tertiary/aromatic N) is 1. The van der Waals surface area contributed by atoms with Crippen LogP contribution < -0.4 is 4.74 Å². The summed E-state index contributed by atoms with van der Waals surface area (Å²) in [5, 5.41) is 0.237. The van der Waals surface area contributed by atoms with E-state index >= 15 is 0 Å². The van der Waals surface area contributed by atoms with Gasteiger partial charge in [0, 0.05) is 23.2 Å². The fourth-order valence-electron chi connectivity index (χ4n) is 3.26. The van der Waals surface area contributed by atoms with Crippen molar-refractivity contribution < 1.29 is 26.3 Å². The van der Waals surface area contributed by atoms with E-state index in [9.17, 15) is 21.6 Å². The highest BCUT2D eigenvalue weighted by atomic mass is 32.2. The number of aromatic nitrogens is 1. The normalized spacial score (nSPS) is 11.6. The lowest BCUT2D eigenvalue weighted by Gasteiger charge is -2.15. The van der Waals surface area contributed by atoms with Crippen molar-refractivity contribution in [1.82, 2.24) is 4.98 Å². The standard InChI is InChI=1S/C22H14F3NO3S/c1-29-16-5-2-4-13(8-16)21-18-6-3-7-19(25)22(18)26-12-20(21)30(27,28)17-10-14(23)9-15(24)11-17/h2-12H,1H3. The molecule has 4 aromatic rings. The Balaban J connectivity index is 2.10. The van der Waals surface area contributed by atoms with Gasteiger partial charge in [0.05, 0.1) is 16.9 Å². The zero-order valence-corrected chi connectivity index (χ0v) is 16.4. The van der Waals surface area contributed by atoms with Gasteiger partial charge in [-0.05, 0) is 35.9 Å². The molecule has 4 nitrogen and oxygen atoms in total. The maximum Gasteiger partial charge on any atom is 0.208 e. The van der Waals surface area contributed by atoms with Gasteiger partial charge < -0.3 is 4.74 Å². The predicted molar refractivity (Wildman–Crippen MR) is 105 cm³/mol. The number of hydrogen-bond donors (Lipinski definition) is 0. The van der Waals surface area contributed by atoms with Crippen LogP contribution in [0, 0.1) is 17.5 Å². The van der Waals surface area contributed by atoms with Gasteiger partial charge in [-0.15, -0.1) is 0 Å². The summed E-state index contributed by atoms with van der Waals surface area (Å²) in [6, 6.07) is 12.7. The van der Waals surface area contributed by atoms with Gasteiger partial charge in [-0.25, -0.2) is 21.6 Å². The van der Waals surface area contributed by atoms with Gasteiger partial charge >= 0.3 is 0 Å². The Bertz CT molecular complexity index is 1370. The van der Waals surface area contributed by atoms with Crippen LogP contribution in [-0.4, -0.2) is 20.5 Å². The van der Waals surface area contributed by atoms with Crippen LogP contribution >= 0.6 is 0 Å². The number of benzene rings is 3. The summed E-state index contributed by atoms with van der Waals surface area (Å²) < 4.78 is 73.6. The second kappa shape index (κ2) is 7.46. The number of hydrogen-bond acceptors (Lipinski definition) is 4. The predicted octanol–water partition coefficient (Wildman–Crippen LogP) is 5.16. The number of rotatable bonds is 4. The van der Waals surface area contributed by atoms with Gasteiger partial charge in [0.2, 0.25) is 9.84 Å². The van der Waals surface area contributed by atoms with Crippen molar-refractivity contribution in [2.75, 3.05) is 7.11 Å². The third-order valence-electron chi connectivity index (χ3n) is 4.61. The van der Waals surface area contributed by atoms with E-state index in [1.165, 1.54) is 25.3 Å². The van der Waals surface area contributed by atoms with E-state index in [0.29, 0.717) is 17.4 Å². The van der Waals surface area contributed by atoms with Crippen LogP contribution in [0.3, 0.4) is 0 Å². The van der Waals surface area contributed by atoms with Crippen molar-refractivity contribution in [2.45, 2.75) is 9.79 Å². The third kappa shape index (κ3) is 3.39. The first kappa shape index (κ1) is 19.9. The zero-order valence-electron chi connectivity index (χ0n) is 15.6. The minimum atomic E-state index is -4.39. The molecule has 0 aliphatic rings. The molecule has 0 unspecified atom stereocenters. The molecule has 0 bridgehead atoms. The van der Waals surface area contributed by atoms with Crippen LogP contribution in [0.5, 0.6) is 5.75 Å². The van der Waals surface area contributed by atoms with E-state index in [0.717, 1.165) is 18.3 Å². The Morgan fingerprint density at radius 3 is 2.30 bits per heavy atom. The van der Waals surface area contributed by atoms with Crippen LogP contribution in [0.4, 0.5) is 13.2 Å². The molecule has 3 aromatic carbocycles. The molecule has 0 radical (unpaired) electrons. The molecule has 0 N–H and O–H groups in total. The van der Waals surface area contributed by atoms with Gasteiger partial charge in [0.15, 0.2) is 0 Å². The monoisotopic (exact) mass is 429 g/mol. The minimum absolute atomic E-state index is 0.0281. The van der Waals surface area contributed by atoms with E-state index in [1.54, 1.807) is 24.3 Å². The zero-order chi connectivity index (χ0) is 21.5. The summed E-state index contributed by atoms with van der Waals surface area (Å²) in [6.45, 7) is 0. The van der Waals surface area contributed by atoms with Crippen LogP contribution in [0.2, 0.25) is 0 Å². The molecule has 4 rings (SSSR count). The molecular weight excluding hydrogens is 415 g/mol. The van der Waals surface area contributed by atoms with Crippen LogP contribution in [0.15, 0.2) is 76.7 Å². The first-order chi connectivity index (χ1) is 14.3. The van der Waals surface area contributed by atoms with Crippen molar-refractivity contribution >= 4 is 20.7 Å². The summed E-state index contributed by atoms with van der Waals surface area (Å²) in [7, 11) is -2.94. The lowest BCUT2D eigenvalue weighted by Crippen LogP contribution is -2.07. The lowest BCUT2D eigenvalue weighted by atomic mass is 10.0. The number of methoxy groups -OCH3 is 1. The third-order valence-corrected chi connectivity index (χ3v) is 6.35. The summed E-state index contributed by atoms with van der Waals surface area (Å²) >= 11 is 0. The molecule has 30 heavy (non-hydrogen) atoms. The summed E-state index contributed by atoms with van der Waals surface area (Å²) in [5.41, 5.74) is 0.547. The number of halogens is 3. The molecule has 0 atom stereocenters. The van der Waals surface area contributed by atoms with Gasteiger partial charge in [0.1, 0.15) is 28.7 Å². The molecular formula is C22H14F3NO3S. The molecule has 0 fully saturated rings. The molecule has 0 saturated carbocycles. The molecule has 1 aromatic heterocycles. The fourth-order valence-corrected chi connectivity index (χ4v) is 4.74. The summed E-state index contributed by atoms with van der Waals surface area (Å²) in [5.74, 6) is -2.24. The Morgan fingerprint density at radius 1 is 0.900 bits per heavy atom. The van der Waals surface area contributed by atoms with Gasteiger partial charge in [-0.3, -0.25) is 4.98 Å². The average molecular weight is 429 g/mol. The number of ether oxygens (including phenoxy) is 1. The molecule has 0 amide bonds. The average Bonchev–Trinajstić information content (AvgIpc) is 2.72. The molecule has 0 saturated heterocycles. The van der Waals surface area contributed by atoms with E-state index < -0.39 is 32.2 Å². The Kier molecular flexibility index (Phi) is 4.95. The quantitative estimate of drug-likeness (QED) is 0.450. The summed E-state index contributed by atoms with van der Waals surface area (Å²) in [4.78, 5) is 3.10. The Morgan fingerprint density at radius 2 is 1.60 bits per heavy atom. The van der Waals surface area contributed by atoms with Crippen LogP contribution in [-0.2, 0) is 9.84 Å². The second-order valence-corrected chi connectivity index (χ2v) is 8.39. The molecule has 8 heteroatoms. The van der Waals surface area contributed by atoms with Crippen LogP contribution in [0.25, 0.3) is 22.0 Å².